The molecule has 1 aliphatic rings. The molecule has 0 aromatic carbocycles. The van der Waals surface area contributed by atoms with E-state index >= 15 is 0 Å². The molecule has 1 saturated carbocycles. The van der Waals surface area contributed by atoms with Gasteiger partial charge in [0.2, 0.25) is 0 Å². The Morgan fingerprint density at radius 2 is 1.94 bits per heavy atom. The van der Waals surface area contributed by atoms with E-state index in [-0.39, 0.29) is 5.41 Å². The van der Waals surface area contributed by atoms with E-state index in [0.29, 0.717) is 12.1 Å². The van der Waals surface area contributed by atoms with Gasteiger partial charge in [-0.1, -0.05) is 13.8 Å². The molecule has 0 radical (unpaired) electrons. The third-order valence-corrected chi connectivity index (χ3v) is 4.36. The van der Waals surface area contributed by atoms with Crippen molar-refractivity contribution in [1.82, 2.24) is 10.6 Å². The van der Waals surface area contributed by atoms with E-state index in [2.05, 4.69) is 43.3 Å². The van der Waals surface area contributed by atoms with Crippen LogP contribution in [0.2, 0.25) is 0 Å². The molecule has 0 aromatic rings. The highest BCUT2D eigenvalue weighted by atomic mass is 16.5. The molecule has 2 unspecified atom stereocenters. The minimum atomic E-state index is 0.263. The van der Waals surface area contributed by atoms with Gasteiger partial charge in [0.1, 0.15) is 0 Å². The van der Waals surface area contributed by atoms with Crippen LogP contribution in [0.15, 0.2) is 4.99 Å². The van der Waals surface area contributed by atoms with Gasteiger partial charge in [-0.05, 0) is 33.1 Å². The Hall–Kier alpha value is -0.770. The lowest BCUT2D eigenvalue weighted by Crippen LogP contribution is -2.65. The Balaban J connectivity index is 2.69. The molecule has 106 valence electrons. The third-order valence-electron chi connectivity index (χ3n) is 4.36. The summed E-state index contributed by atoms with van der Waals surface area (Å²) in [5.74, 6) is 0.936. The average molecular weight is 255 g/mol. The van der Waals surface area contributed by atoms with Crippen LogP contribution >= 0.6 is 0 Å². The zero-order valence-corrected chi connectivity index (χ0v) is 12.5. The van der Waals surface area contributed by atoms with Gasteiger partial charge in [0, 0.05) is 31.7 Å². The van der Waals surface area contributed by atoms with Gasteiger partial charge in [0.25, 0.3) is 0 Å². The van der Waals surface area contributed by atoms with Gasteiger partial charge in [-0.2, -0.15) is 0 Å². The number of nitrogens with zero attached hydrogens (tertiary/aromatic N) is 1. The van der Waals surface area contributed by atoms with Crippen molar-refractivity contribution in [2.75, 3.05) is 20.2 Å². The number of methoxy groups -OCH3 is 1. The molecule has 4 heteroatoms. The molecule has 0 aromatic heterocycles. The molecular weight excluding hydrogens is 226 g/mol. The van der Waals surface area contributed by atoms with Crippen LogP contribution in [-0.2, 0) is 4.74 Å². The third kappa shape index (κ3) is 2.79. The average Bonchev–Trinajstić information content (AvgIpc) is 2.36. The molecule has 1 rings (SSSR count). The monoisotopic (exact) mass is 255 g/mol. The topological polar surface area (TPSA) is 45.7 Å². The van der Waals surface area contributed by atoms with Crippen LogP contribution < -0.4 is 10.6 Å². The number of aliphatic imine (C=N–C) groups is 1. The largest absolute Gasteiger partial charge is 0.381 e. The lowest BCUT2D eigenvalue weighted by molar-refractivity contribution is -0.118. The smallest absolute Gasteiger partial charge is 0.191 e. The van der Waals surface area contributed by atoms with E-state index in [9.17, 15) is 0 Å². The van der Waals surface area contributed by atoms with Gasteiger partial charge >= 0.3 is 0 Å². The first-order valence-electron chi connectivity index (χ1n) is 7.26. The summed E-state index contributed by atoms with van der Waals surface area (Å²) in [6.07, 6.45) is 3.75. The number of nitrogens with one attached hydrogen (secondary N) is 2. The molecule has 0 saturated heterocycles. The van der Waals surface area contributed by atoms with Crippen LogP contribution in [0.3, 0.4) is 0 Å². The zero-order valence-electron chi connectivity index (χ0n) is 12.5. The summed E-state index contributed by atoms with van der Waals surface area (Å²) in [7, 11) is 1.83. The molecule has 0 spiro atoms. The van der Waals surface area contributed by atoms with Crippen LogP contribution in [0.4, 0.5) is 0 Å². The molecular formula is C14H29N3O. The predicted molar refractivity (Wildman–Crippen MR) is 77.0 cm³/mol. The number of guanidine groups is 1. The number of rotatable bonds is 6. The minimum absolute atomic E-state index is 0.263. The fourth-order valence-electron chi connectivity index (χ4n) is 3.12. The van der Waals surface area contributed by atoms with Crippen molar-refractivity contribution in [3.05, 3.63) is 0 Å². The molecule has 1 fully saturated rings. The van der Waals surface area contributed by atoms with E-state index < -0.39 is 0 Å². The summed E-state index contributed by atoms with van der Waals surface area (Å²) in [6.45, 7) is 10.4. The second-order valence-electron chi connectivity index (χ2n) is 4.95. The van der Waals surface area contributed by atoms with E-state index in [1.165, 1.54) is 0 Å². The van der Waals surface area contributed by atoms with Crippen LogP contribution in [0.5, 0.6) is 0 Å². The maximum absolute atomic E-state index is 5.62. The highest BCUT2D eigenvalue weighted by molar-refractivity contribution is 5.80. The molecule has 0 bridgehead atoms. The Bertz CT molecular complexity index is 274. The van der Waals surface area contributed by atoms with Gasteiger partial charge < -0.3 is 15.4 Å². The zero-order chi connectivity index (χ0) is 13.6. The summed E-state index contributed by atoms with van der Waals surface area (Å²) in [4.78, 5) is 4.47. The number of hydrogen-bond acceptors (Lipinski definition) is 2. The van der Waals surface area contributed by atoms with Gasteiger partial charge in [0.15, 0.2) is 5.96 Å². The Morgan fingerprint density at radius 1 is 1.28 bits per heavy atom. The van der Waals surface area contributed by atoms with Crippen molar-refractivity contribution in [1.29, 1.82) is 0 Å². The van der Waals surface area contributed by atoms with Gasteiger partial charge in [-0.25, -0.2) is 0 Å². The molecule has 0 amide bonds. The Morgan fingerprint density at radius 3 is 2.39 bits per heavy atom. The quantitative estimate of drug-likeness (QED) is 0.565. The van der Waals surface area contributed by atoms with Crippen LogP contribution in [0.1, 0.15) is 47.0 Å². The SMILES string of the molecule is CCN=C(NCC)NC1CC(OC)C1(CC)CC. The van der Waals surface area contributed by atoms with Crippen molar-refractivity contribution in [3.63, 3.8) is 0 Å². The second-order valence-corrected chi connectivity index (χ2v) is 4.95. The fraction of sp³-hybridized carbons (Fsp3) is 0.929. The van der Waals surface area contributed by atoms with Crippen molar-refractivity contribution >= 4 is 5.96 Å². The lowest BCUT2D eigenvalue weighted by atomic mass is 9.58. The highest BCUT2D eigenvalue weighted by Gasteiger charge is 2.53. The van der Waals surface area contributed by atoms with Gasteiger partial charge in [-0.15, -0.1) is 0 Å². The number of ether oxygens (including phenoxy) is 1. The first-order valence-corrected chi connectivity index (χ1v) is 7.26. The minimum Gasteiger partial charge on any atom is -0.381 e. The summed E-state index contributed by atoms with van der Waals surface area (Å²) in [6, 6.07) is 0.474. The van der Waals surface area contributed by atoms with Gasteiger partial charge in [-0.3, -0.25) is 4.99 Å². The summed E-state index contributed by atoms with van der Waals surface area (Å²) < 4.78 is 5.62. The van der Waals surface area contributed by atoms with Crippen molar-refractivity contribution in [3.8, 4) is 0 Å². The molecule has 4 nitrogen and oxygen atoms in total. The predicted octanol–water partition coefficient (Wildman–Crippen LogP) is 2.16. The maximum atomic E-state index is 5.62. The Kier molecular flexibility index (Phi) is 5.93. The van der Waals surface area contributed by atoms with Crippen LogP contribution in [0.25, 0.3) is 0 Å². The van der Waals surface area contributed by atoms with Crippen molar-refractivity contribution in [2.24, 2.45) is 10.4 Å². The van der Waals surface area contributed by atoms with Gasteiger partial charge in [0.05, 0.1) is 6.10 Å². The first-order chi connectivity index (χ1) is 8.68. The molecule has 1 aliphatic carbocycles. The van der Waals surface area contributed by atoms with E-state index in [4.69, 9.17) is 4.74 Å². The Labute approximate surface area is 112 Å². The fourth-order valence-corrected chi connectivity index (χ4v) is 3.12. The molecule has 18 heavy (non-hydrogen) atoms. The lowest BCUT2D eigenvalue weighted by Gasteiger charge is -2.55. The van der Waals surface area contributed by atoms with Crippen molar-refractivity contribution < 1.29 is 4.74 Å². The second kappa shape index (κ2) is 6.98. The van der Waals surface area contributed by atoms with E-state index in [1.807, 2.05) is 7.11 Å². The molecule has 0 heterocycles. The highest BCUT2D eigenvalue weighted by Crippen LogP contribution is 2.48. The maximum Gasteiger partial charge on any atom is 0.191 e. The standard InChI is InChI=1S/C14H29N3O/c1-6-14(7-2)11(10-12(14)18-5)17-13(15-8-3)16-9-4/h11-12H,6-10H2,1-5H3,(H2,15,16,17). The molecule has 0 aliphatic heterocycles. The summed E-state index contributed by atoms with van der Waals surface area (Å²) >= 11 is 0. The van der Waals surface area contributed by atoms with Crippen LogP contribution in [0, 0.1) is 5.41 Å². The van der Waals surface area contributed by atoms with Crippen LogP contribution in [-0.4, -0.2) is 38.3 Å². The normalized spacial score (nSPS) is 26.6. The summed E-state index contributed by atoms with van der Waals surface area (Å²) in [5, 5.41) is 6.87. The number of hydrogen-bond donors (Lipinski definition) is 2. The first kappa shape index (κ1) is 15.3. The molecule has 2 atom stereocenters. The van der Waals surface area contributed by atoms with Crippen molar-refractivity contribution in [2.45, 2.75) is 59.1 Å². The molecule has 2 N–H and O–H groups in total. The van der Waals surface area contributed by atoms with E-state index in [0.717, 1.165) is 38.3 Å². The summed E-state index contributed by atoms with van der Waals surface area (Å²) in [5.41, 5.74) is 0.263. The van der Waals surface area contributed by atoms with E-state index in [1.54, 1.807) is 0 Å².